The third-order valence-corrected chi connectivity index (χ3v) is 5.17. The Balaban J connectivity index is 1.75. The van der Waals surface area contributed by atoms with Gasteiger partial charge in [0.2, 0.25) is 0 Å². The molecular weight excluding hydrogens is 500 g/mol. The Kier molecular flexibility index (Phi) is 8.81. The quantitative estimate of drug-likeness (QED) is 0.172. The summed E-state index contributed by atoms with van der Waals surface area (Å²) < 4.78 is 10.9. The Morgan fingerprint density at radius 3 is 2.46 bits per heavy atom. The van der Waals surface area contributed by atoms with Gasteiger partial charge in [-0.2, -0.15) is 5.26 Å². The van der Waals surface area contributed by atoms with Crippen molar-refractivity contribution in [1.82, 2.24) is 0 Å². The van der Waals surface area contributed by atoms with Crippen molar-refractivity contribution in [2.75, 3.05) is 24.4 Å². The number of nitriles is 1. The first-order valence-corrected chi connectivity index (χ1v) is 11.1. The van der Waals surface area contributed by atoms with E-state index in [0.717, 1.165) is 5.56 Å². The Morgan fingerprint density at radius 2 is 1.81 bits per heavy atom. The Bertz CT molecular complexity index is 1430. The molecule has 2 N–H and O–H groups in total. The van der Waals surface area contributed by atoms with E-state index in [1.807, 2.05) is 25.1 Å². The zero-order valence-corrected chi connectivity index (χ0v) is 20.5. The number of nitro benzene ring substituents is 1. The molecule has 0 aliphatic heterocycles. The van der Waals surface area contributed by atoms with E-state index in [4.69, 9.17) is 21.1 Å². The molecule has 3 rings (SSSR count). The second-order valence-corrected chi connectivity index (χ2v) is 8.08. The number of nitrogens with one attached hydrogen (secondary N) is 2. The summed E-state index contributed by atoms with van der Waals surface area (Å²) in [6.45, 7) is 1.57. The van der Waals surface area contributed by atoms with Gasteiger partial charge >= 0.3 is 0 Å². The largest absolute Gasteiger partial charge is 0.493 e. The predicted molar refractivity (Wildman–Crippen MR) is 139 cm³/mol. The molecule has 3 aromatic carbocycles. The van der Waals surface area contributed by atoms with Crippen LogP contribution in [0.15, 0.2) is 66.2 Å². The molecule has 37 heavy (non-hydrogen) atoms. The average Bonchev–Trinajstić information content (AvgIpc) is 2.86. The first-order chi connectivity index (χ1) is 17.7. The fourth-order valence-electron chi connectivity index (χ4n) is 3.23. The van der Waals surface area contributed by atoms with E-state index in [9.17, 15) is 25.0 Å². The molecule has 0 atom stereocenters. The molecule has 0 aromatic heterocycles. The number of ether oxygens (including phenoxy) is 2. The van der Waals surface area contributed by atoms with E-state index >= 15 is 0 Å². The zero-order chi connectivity index (χ0) is 26.9. The van der Waals surface area contributed by atoms with Crippen molar-refractivity contribution in [3.05, 3.63) is 92.5 Å². The monoisotopic (exact) mass is 520 g/mol. The summed E-state index contributed by atoms with van der Waals surface area (Å²) in [6.07, 6.45) is 1.27. The Morgan fingerprint density at radius 1 is 1.11 bits per heavy atom. The summed E-state index contributed by atoms with van der Waals surface area (Å²) in [6, 6.07) is 17.3. The van der Waals surface area contributed by atoms with Crippen LogP contribution in [0, 0.1) is 28.4 Å². The molecule has 0 aliphatic carbocycles. The van der Waals surface area contributed by atoms with Crippen LogP contribution in [-0.2, 0) is 9.59 Å². The molecule has 0 saturated carbocycles. The van der Waals surface area contributed by atoms with Crippen molar-refractivity contribution in [3.8, 4) is 17.6 Å². The number of hydrogen-bond donors (Lipinski definition) is 2. The molecule has 0 spiro atoms. The van der Waals surface area contributed by atoms with Crippen LogP contribution in [0.3, 0.4) is 0 Å². The standard InChI is InChI=1S/C26H21ClN4O6/c1-16-5-3-6-19(9-16)29-24(32)15-37-25-22(27)11-17(12-23(25)36-2)10-18(14-28)26(33)30-20-7-4-8-21(13-20)31(34)35/h3-13H,15H2,1-2H3,(H,29,32)(H,30,33)/b18-10+. The summed E-state index contributed by atoms with van der Waals surface area (Å²) >= 11 is 6.35. The maximum atomic E-state index is 12.6. The van der Waals surface area contributed by atoms with Crippen molar-refractivity contribution < 1.29 is 24.0 Å². The van der Waals surface area contributed by atoms with Gasteiger partial charge in [0.1, 0.15) is 11.6 Å². The number of halogens is 1. The topological polar surface area (TPSA) is 144 Å². The number of amides is 2. The maximum absolute atomic E-state index is 12.6. The second-order valence-electron chi connectivity index (χ2n) is 7.67. The minimum Gasteiger partial charge on any atom is -0.493 e. The van der Waals surface area contributed by atoms with Crippen LogP contribution in [0.5, 0.6) is 11.5 Å². The first kappa shape index (κ1) is 26.7. The molecule has 0 aliphatic rings. The van der Waals surface area contributed by atoms with E-state index in [1.165, 1.54) is 49.6 Å². The lowest BCUT2D eigenvalue weighted by Gasteiger charge is -2.14. The fraction of sp³-hybridized carbons (Fsp3) is 0.115. The van der Waals surface area contributed by atoms with Crippen LogP contribution in [0.2, 0.25) is 5.02 Å². The number of hydrogen-bond acceptors (Lipinski definition) is 7. The number of rotatable bonds is 9. The third kappa shape index (κ3) is 7.30. The van der Waals surface area contributed by atoms with Crippen molar-refractivity contribution in [2.45, 2.75) is 6.92 Å². The number of methoxy groups -OCH3 is 1. The zero-order valence-electron chi connectivity index (χ0n) is 19.8. The molecule has 2 amide bonds. The lowest BCUT2D eigenvalue weighted by atomic mass is 10.1. The number of nitro groups is 1. The molecule has 0 bridgehead atoms. The fourth-order valence-corrected chi connectivity index (χ4v) is 3.51. The van der Waals surface area contributed by atoms with E-state index in [0.29, 0.717) is 11.3 Å². The van der Waals surface area contributed by atoms with Gasteiger partial charge in [-0.05, 0) is 54.5 Å². The minimum atomic E-state index is -0.772. The molecule has 11 heteroatoms. The summed E-state index contributed by atoms with van der Waals surface area (Å²) in [5, 5.41) is 25.7. The second kappa shape index (κ2) is 12.2. The summed E-state index contributed by atoms with van der Waals surface area (Å²) in [5.41, 5.74) is 1.63. The number of carbonyl (C=O) groups is 2. The normalized spacial score (nSPS) is 10.7. The summed E-state index contributed by atoms with van der Waals surface area (Å²) in [4.78, 5) is 35.2. The van der Waals surface area contributed by atoms with Crippen molar-refractivity contribution in [3.63, 3.8) is 0 Å². The molecule has 0 fully saturated rings. The van der Waals surface area contributed by atoms with E-state index in [2.05, 4.69) is 10.6 Å². The number of aryl methyl sites for hydroxylation is 1. The number of anilines is 2. The predicted octanol–water partition coefficient (Wildman–Crippen LogP) is 5.13. The number of non-ortho nitro benzene ring substituents is 1. The van der Waals surface area contributed by atoms with Gasteiger partial charge in [0, 0.05) is 23.5 Å². The van der Waals surface area contributed by atoms with Gasteiger partial charge in [-0.3, -0.25) is 19.7 Å². The van der Waals surface area contributed by atoms with Crippen molar-refractivity contribution in [1.29, 1.82) is 5.26 Å². The highest BCUT2D eigenvalue weighted by atomic mass is 35.5. The van der Waals surface area contributed by atoms with Crippen LogP contribution in [0.25, 0.3) is 6.08 Å². The van der Waals surface area contributed by atoms with Crippen molar-refractivity contribution in [2.24, 2.45) is 0 Å². The van der Waals surface area contributed by atoms with Gasteiger partial charge in [0.25, 0.3) is 17.5 Å². The number of nitrogens with zero attached hydrogens (tertiary/aromatic N) is 2. The molecule has 0 heterocycles. The van der Waals surface area contributed by atoms with Crippen molar-refractivity contribution >= 4 is 46.6 Å². The average molecular weight is 521 g/mol. The van der Waals surface area contributed by atoms with Gasteiger partial charge in [0.05, 0.1) is 17.1 Å². The van der Waals surface area contributed by atoms with Crippen LogP contribution >= 0.6 is 11.6 Å². The van der Waals surface area contributed by atoms with Gasteiger partial charge in [-0.15, -0.1) is 0 Å². The van der Waals surface area contributed by atoms with E-state index in [1.54, 1.807) is 12.1 Å². The molecule has 0 unspecified atom stereocenters. The van der Waals surface area contributed by atoms with E-state index in [-0.39, 0.29) is 40.1 Å². The molecule has 0 saturated heterocycles. The van der Waals surface area contributed by atoms with Gasteiger partial charge in [-0.1, -0.05) is 29.8 Å². The molecular formula is C26H21ClN4O6. The lowest BCUT2D eigenvalue weighted by Crippen LogP contribution is -2.20. The lowest BCUT2D eigenvalue weighted by molar-refractivity contribution is -0.384. The van der Waals surface area contributed by atoms with Gasteiger partial charge in [-0.25, -0.2) is 0 Å². The molecule has 3 aromatic rings. The number of carbonyl (C=O) groups excluding carboxylic acids is 2. The van der Waals surface area contributed by atoms with Crippen LogP contribution in [-0.4, -0.2) is 30.5 Å². The highest BCUT2D eigenvalue weighted by molar-refractivity contribution is 6.32. The molecule has 10 nitrogen and oxygen atoms in total. The minimum absolute atomic E-state index is 0.0883. The SMILES string of the molecule is COc1cc(/C=C(\C#N)C(=O)Nc2cccc([N+](=O)[O-])c2)cc(Cl)c1OCC(=O)Nc1cccc(C)c1. The van der Waals surface area contributed by atoms with Crippen LogP contribution in [0.1, 0.15) is 11.1 Å². The van der Waals surface area contributed by atoms with Crippen LogP contribution in [0.4, 0.5) is 17.1 Å². The Hall–Kier alpha value is -4.88. The summed E-state index contributed by atoms with van der Waals surface area (Å²) in [5.74, 6) is -0.887. The summed E-state index contributed by atoms with van der Waals surface area (Å²) in [7, 11) is 1.37. The number of benzene rings is 3. The third-order valence-electron chi connectivity index (χ3n) is 4.89. The molecule has 0 radical (unpaired) electrons. The van der Waals surface area contributed by atoms with Gasteiger partial charge < -0.3 is 20.1 Å². The Labute approximate surface area is 217 Å². The first-order valence-electron chi connectivity index (χ1n) is 10.7. The van der Waals surface area contributed by atoms with Gasteiger partial charge in [0.15, 0.2) is 18.1 Å². The van der Waals surface area contributed by atoms with Crippen LogP contribution < -0.4 is 20.1 Å². The maximum Gasteiger partial charge on any atom is 0.271 e. The molecule has 188 valence electrons. The highest BCUT2D eigenvalue weighted by Gasteiger charge is 2.16. The van der Waals surface area contributed by atoms with E-state index < -0.39 is 16.7 Å². The smallest absolute Gasteiger partial charge is 0.271 e. The highest BCUT2D eigenvalue weighted by Crippen LogP contribution is 2.37.